The molecule has 2 rings (SSSR count). The van der Waals surface area contributed by atoms with Gasteiger partial charge in [-0.2, -0.15) is 0 Å². The Morgan fingerprint density at radius 2 is 1.67 bits per heavy atom. The maximum atomic E-state index is 12.0. The second-order valence-electron chi connectivity index (χ2n) is 5.00. The minimum atomic E-state index is -0.0122. The molecule has 1 aromatic rings. The Morgan fingerprint density at radius 1 is 1.06 bits per heavy atom. The van der Waals surface area contributed by atoms with E-state index in [9.17, 15) is 9.59 Å². The van der Waals surface area contributed by atoms with Crippen LogP contribution < -0.4 is 5.32 Å². The summed E-state index contributed by atoms with van der Waals surface area (Å²) in [5, 5.41) is 3.04. The van der Waals surface area contributed by atoms with Crippen LogP contribution in [0.3, 0.4) is 0 Å². The van der Waals surface area contributed by atoms with Gasteiger partial charge in [0.1, 0.15) is 5.78 Å². The summed E-state index contributed by atoms with van der Waals surface area (Å²) in [6.07, 6.45) is 3.61. The van der Waals surface area contributed by atoms with Gasteiger partial charge >= 0.3 is 0 Å². The first-order valence-electron chi connectivity index (χ1n) is 6.53. The molecular formula is C15H19NO2. The van der Waals surface area contributed by atoms with Crippen molar-refractivity contribution >= 4 is 11.7 Å². The van der Waals surface area contributed by atoms with Crippen LogP contribution in [0.4, 0.5) is 0 Å². The molecule has 0 aromatic heterocycles. The van der Waals surface area contributed by atoms with Gasteiger partial charge in [0.25, 0.3) is 5.91 Å². The van der Waals surface area contributed by atoms with E-state index in [1.54, 1.807) is 6.92 Å². The van der Waals surface area contributed by atoms with Gasteiger partial charge in [0, 0.05) is 17.5 Å². The van der Waals surface area contributed by atoms with Crippen LogP contribution in [0.1, 0.15) is 43.0 Å². The van der Waals surface area contributed by atoms with Crippen molar-refractivity contribution in [3.8, 4) is 0 Å². The number of hydrogen-bond acceptors (Lipinski definition) is 2. The number of carbonyl (C=O) groups is 2. The molecule has 1 fully saturated rings. The summed E-state index contributed by atoms with van der Waals surface area (Å²) in [4.78, 5) is 23.2. The lowest BCUT2D eigenvalue weighted by Crippen LogP contribution is -2.38. The van der Waals surface area contributed by atoms with E-state index in [4.69, 9.17) is 0 Å². The Kier molecular flexibility index (Phi) is 4.13. The van der Waals surface area contributed by atoms with E-state index in [-0.39, 0.29) is 23.7 Å². The molecule has 0 spiro atoms. The molecule has 3 nitrogen and oxygen atoms in total. The molecule has 0 saturated heterocycles. The molecule has 3 heteroatoms. The fourth-order valence-electron chi connectivity index (χ4n) is 2.50. The van der Waals surface area contributed by atoms with Crippen molar-refractivity contribution in [1.29, 1.82) is 0 Å². The van der Waals surface area contributed by atoms with Gasteiger partial charge in [-0.3, -0.25) is 9.59 Å². The molecule has 0 unspecified atom stereocenters. The van der Waals surface area contributed by atoms with E-state index in [2.05, 4.69) is 5.32 Å². The third-order valence-corrected chi connectivity index (χ3v) is 3.67. The lowest BCUT2D eigenvalue weighted by molar-refractivity contribution is -0.121. The Morgan fingerprint density at radius 3 is 2.22 bits per heavy atom. The lowest BCUT2D eigenvalue weighted by Gasteiger charge is -2.27. The number of ketones is 1. The van der Waals surface area contributed by atoms with E-state index >= 15 is 0 Å². The van der Waals surface area contributed by atoms with Gasteiger partial charge in [-0.05, 0) is 44.7 Å². The van der Waals surface area contributed by atoms with Crippen molar-refractivity contribution < 1.29 is 9.59 Å². The average Bonchev–Trinajstić information content (AvgIpc) is 2.40. The number of hydrogen-bond donors (Lipinski definition) is 1. The highest BCUT2D eigenvalue weighted by Crippen LogP contribution is 2.25. The Balaban J connectivity index is 1.85. The van der Waals surface area contributed by atoms with Crippen LogP contribution in [0.5, 0.6) is 0 Å². The Labute approximate surface area is 108 Å². The highest BCUT2D eigenvalue weighted by Gasteiger charge is 2.24. The predicted octanol–water partition coefficient (Wildman–Crippen LogP) is 2.56. The highest BCUT2D eigenvalue weighted by molar-refractivity contribution is 5.94. The second kappa shape index (κ2) is 5.80. The van der Waals surface area contributed by atoms with E-state index < -0.39 is 0 Å². The Hall–Kier alpha value is -1.64. The molecule has 1 saturated carbocycles. The molecule has 96 valence electrons. The Bertz CT molecular complexity index is 419. The van der Waals surface area contributed by atoms with E-state index in [1.165, 1.54) is 0 Å². The number of carbonyl (C=O) groups excluding carboxylic acids is 2. The van der Waals surface area contributed by atoms with Gasteiger partial charge in [-0.25, -0.2) is 0 Å². The number of nitrogens with one attached hydrogen (secondary N) is 1. The minimum Gasteiger partial charge on any atom is -0.349 e. The molecule has 1 aliphatic rings. The molecule has 0 radical (unpaired) electrons. The maximum Gasteiger partial charge on any atom is 0.251 e. The van der Waals surface area contributed by atoms with Crippen molar-refractivity contribution in [2.45, 2.75) is 38.6 Å². The smallest absolute Gasteiger partial charge is 0.251 e. The van der Waals surface area contributed by atoms with Gasteiger partial charge in [0.05, 0.1) is 0 Å². The van der Waals surface area contributed by atoms with Crippen LogP contribution in [0.2, 0.25) is 0 Å². The topological polar surface area (TPSA) is 46.2 Å². The number of benzene rings is 1. The van der Waals surface area contributed by atoms with Gasteiger partial charge < -0.3 is 5.32 Å². The zero-order chi connectivity index (χ0) is 13.0. The molecule has 0 atom stereocenters. The largest absolute Gasteiger partial charge is 0.349 e. The van der Waals surface area contributed by atoms with Crippen molar-refractivity contribution in [3.05, 3.63) is 35.9 Å². The fourth-order valence-corrected chi connectivity index (χ4v) is 2.50. The average molecular weight is 245 g/mol. The normalized spacial score (nSPS) is 23.4. The number of rotatable bonds is 3. The summed E-state index contributed by atoms with van der Waals surface area (Å²) in [6.45, 7) is 1.66. The van der Waals surface area contributed by atoms with Gasteiger partial charge in [0.2, 0.25) is 0 Å². The monoisotopic (exact) mass is 245 g/mol. The second-order valence-corrected chi connectivity index (χ2v) is 5.00. The highest BCUT2D eigenvalue weighted by atomic mass is 16.1. The van der Waals surface area contributed by atoms with Crippen LogP contribution in [0.15, 0.2) is 30.3 Å². The summed E-state index contributed by atoms with van der Waals surface area (Å²) in [5.74, 6) is 0.472. The van der Waals surface area contributed by atoms with Crippen molar-refractivity contribution in [1.82, 2.24) is 5.32 Å². The molecule has 1 aliphatic carbocycles. The van der Waals surface area contributed by atoms with Crippen LogP contribution in [0.25, 0.3) is 0 Å². The van der Waals surface area contributed by atoms with Crippen LogP contribution in [0, 0.1) is 5.92 Å². The quantitative estimate of drug-likeness (QED) is 0.889. The molecule has 18 heavy (non-hydrogen) atoms. The van der Waals surface area contributed by atoms with E-state index in [0.29, 0.717) is 5.56 Å². The molecule has 1 N–H and O–H groups in total. The lowest BCUT2D eigenvalue weighted by atomic mass is 9.84. The molecule has 0 heterocycles. The van der Waals surface area contributed by atoms with Crippen LogP contribution in [-0.4, -0.2) is 17.7 Å². The summed E-state index contributed by atoms with van der Waals surface area (Å²) in [5.41, 5.74) is 0.700. The predicted molar refractivity (Wildman–Crippen MR) is 70.3 cm³/mol. The van der Waals surface area contributed by atoms with Gasteiger partial charge in [-0.15, -0.1) is 0 Å². The maximum absolute atomic E-state index is 12.0. The van der Waals surface area contributed by atoms with E-state index in [1.807, 2.05) is 30.3 Å². The number of Topliss-reactive ketones (excluding diaryl/α,β-unsaturated/α-hetero) is 1. The minimum absolute atomic E-state index is 0.0122. The first-order valence-corrected chi connectivity index (χ1v) is 6.53. The third-order valence-electron chi connectivity index (χ3n) is 3.67. The first kappa shape index (κ1) is 12.8. The summed E-state index contributed by atoms with van der Waals surface area (Å²) in [7, 11) is 0. The zero-order valence-electron chi connectivity index (χ0n) is 10.7. The van der Waals surface area contributed by atoms with Gasteiger partial charge in [-0.1, -0.05) is 18.2 Å². The first-order chi connectivity index (χ1) is 8.66. The van der Waals surface area contributed by atoms with Crippen LogP contribution >= 0.6 is 0 Å². The standard InChI is InChI=1S/C15H19NO2/c1-11(17)12-7-9-14(10-8-12)16-15(18)13-5-3-2-4-6-13/h2-6,12,14H,7-10H2,1H3,(H,16,18). The molecule has 1 amide bonds. The molecule has 0 aliphatic heterocycles. The van der Waals surface area contributed by atoms with Gasteiger partial charge in [0.15, 0.2) is 0 Å². The molecule has 1 aromatic carbocycles. The summed E-state index contributed by atoms with van der Waals surface area (Å²) in [6, 6.07) is 9.47. The van der Waals surface area contributed by atoms with E-state index in [0.717, 1.165) is 25.7 Å². The van der Waals surface area contributed by atoms with Crippen molar-refractivity contribution in [2.24, 2.45) is 5.92 Å². The zero-order valence-corrected chi connectivity index (χ0v) is 10.7. The van der Waals surface area contributed by atoms with Crippen molar-refractivity contribution in [2.75, 3.05) is 0 Å². The summed E-state index contributed by atoms with van der Waals surface area (Å²) < 4.78 is 0. The fraction of sp³-hybridized carbons (Fsp3) is 0.467. The number of amides is 1. The van der Waals surface area contributed by atoms with Crippen molar-refractivity contribution in [3.63, 3.8) is 0 Å². The SMILES string of the molecule is CC(=O)C1CCC(NC(=O)c2ccccc2)CC1. The molecule has 0 bridgehead atoms. The third kappa shape index (κ3) is 3.19. The molecular weight excluding hydrogens is 226 g/mol. The summed E-state index contributed by atoms with van der Waals surface area (Å²) >= 11 is 0. The van der Waals surface area contributed by atoms with Crippen LogP contribution in [-0.2, 0) is 4.79 Å².